The largest absolute Gasteiger partial charge is 0.318 e. The van der Waals surface area contributed by atoms with Crippen LogP contribution in [0.5, 0.6) is 0 Å². The average Bonchev–Trinajstić information content (AvgIpc) is 2.81. The Morgan fingerprint density at radius 3 is 2.94 bits per heavy atom. The van der Waals surface area contributed by atoms with Crippen molar-refractivity contribution in [1.82, 2.24) is 15.2 Å². The van der Waals surface area contributed by atoms with Crippen molar-refractivity contribution in [3.63, 3.8) is 0 Å². The number of halogens is 2. The molecule has 0 saturated carbocycles. The standard InChI is InChI=1S/C11H10BrClN4O/c1-2-9-15-10(17-16-9)11(18)14-8-4-3-6(13)5-7(8)12/h3-5H,2H2,1H3,(H,14,18)(H,15,16,17). The van der Waals surface area contributed by atoms with E-state index in [1.54, 1.807) is 18.2 Å². The van der Waals surface area contributed by atoms with Gasteiger partial charge in [-0.25, -0.2) is 4.98 Å². The number of aromatic amines is 1. The van der Waals surface area contributed by atoms with E-state index >= 15 is 0 Å². The third-order valence-corrected chi connectivity index (χ3v) is 3.14. The van der Waals surface area contributed by atoms with Gasteiger partial charge >= 0.3 is 0 Å². The highest BCUT2D eigenvalue weighted by Crippen LogP contribution is 2.26. The van der Waals surface area contributed by atoms with Gasteiger partial charge in [-0.1, -0.05) is 18.5 Å². The number of H-pyrrole nitrogens is 1. The molecular weight excluding hydrogens is 320 g/mol. The number of amides is 1. The fourth-order valence-electron chi connectivity index (χ4n) is 1.32. The zero-order valence-corrected chi connectivity index (χ0v) is 11.8. The van der Waals surface area contributed by atoms with Gasteiger partial charge in [-0.15, -0.1) is 5.10 Å². The van der Waals surface area contributed by atoms with Gasteiger partial charge in [-0.3, -0.25) is 9.89 Å². The second-order valence-electron chi connectivity index (χ2n) is 3.54. The van der Waals surface area contributed by atoms with Crippen LogP contribution in [0.4, 0.5) is 5.69 Å². The summed E-state index contributed by atoms with van der Waals surface area (Å²) in [6.45, 7) is 1.93. The van der Waals surface area contributed by atoms with Crippen molar-refractivity contribution in [2.45, 2.75) is 13.3 Å². The Bertz CT molecular complexity index is 584. The number of hydrogen-bond donors (Lipinski definition) is 2. The predicted octanol–water partition coefficient (Wildman–Crippen LogP) is 3.04. The van der Waals surface area contributed by atoms with Crippen LogP contribution >= 0.6 is 27.5 Å². The van der Waals surface area contributed by atoms with Crippen LogP contribution in [0, 0.1) is 0 Å². The van der Waals surface area contributed by atoms with E-state index < -0.39 is 0 Å². The van der Waals surface area contributed by atoms with Gasteiger partial charge in [0.25, 0.3) is 5.91 Å². The lowest BCUT2D eigenvalue weighted by Crippen LogP contribution is -2.14. The second-order valence-corrected chi connectivity index (χ2v) is 4.83. The predicted molar refractivity (Wildman–Crippen MR) is 72.9 cm³/mol. The van der Waals surface area contributed by atoms with Crippen LogP contribution in [0.15, 0.2) is 22.7 Å². The SMILES string of the molecule is CCc1nc(C(=O)Nc2ccc(Cl)cc2Br)n[nH]1. The summed E-state index contributed by atoms with van der Waals surface area (Å²) in [5, 5.41) is 9.82. The molecule has 1 aromatic carbocycles. The topological polar surface area (TPSA) is 70.7 Å². The quantitative estimate of drug-likeness (QED) is 0.909. The summed E-state index contributed by atoms with van der Waals surface area (Å²) in [6.07, 6.45) is 0.699. The zero-order chi connectivity index (χ0) is 13.1. The number of rotatable bonds is 3. The minimum absolute atomic E-state index is 0.119. The fraction of sp³-hybridized carbons (Fsp3) is 0.182. The van der Waals surface area contributed by atoms with E-state index in [0.717, 1.165) is 0 Å². The first-order valence-electron chi connectivity index (χ1n) is 5.28. The minimum atomic E-state index is -0.367. The summed E-state index contributed by atoms with van der Waals surface area (Å²) in [5.41, 5.74) is 0.618. The number of aromatic nitrogens is 3. The number of carbonyl (C=O) groups is 1. The Morgan fingerprint density at radius 1 is 1.56 bits per heavy atom. The van der Waals surface area contributed by atoms with Crippen LogP contribution in [0.25, 0.3) is 0 Å². The first-order valence-corrected chi connectivity index (χ1v) is 6.45. The van der Waals surface area contributed by atoms with Gasteiger partial charge in [0.15, 0.2) is 0 Å². The average molecular weight is 330 g/mol. The van der Waals surface area contributed by atoms with Crippen molar-refractivity contribution >= 4 is 39.1 Å². The Kier molecular flexibility index (Phi) is 3.98. The summed E-state index contributed by atoms with van der Waals surface area (Å²) in [4.78, 5) is 15.9. The smallest absolute Gasteiger partial charge is 0.295 e. The number of nitrogens with zero attached hydrogens (tertiary/aromatic N) is 2. The third kappa shape index (κ3) is 2.88. The fourth-order valence-corrected chi connectivity index (χ4v) is 2.11. The molecule has 0 atom stereocenters. The van der Waals surface area contributed by atoms with Gasteiger partial charge < -0.3 is 5.32 Å². The van der Waals surface area contributed by atoms with Crippen molar-refractivity contribution < 1.29 is 4.79 Å². The normalized spacial score (nSPS) is 10.4. The van der Waals surface area contributed by atoms with E-state index in [-0.39, 0.29) is 11.7 Å². The molecule has 0 bridgehead atoms. The van der Waals surface area contributed by atoms with Gasteiger partial charge in [0.1, 0.15) is 5.82 Å². The van der Waals surface area contributed by atoms with Gasteiger partial charge in [0.05, 0.1) is 5.69 Å². The molecule has 0 unspecified atom stereocenters. The van der Waals surface area contributed by atoms with E-state index in [9.17, 15) is 4.79 Å². The number of aryl methyl sites for hydroxylation is 1. The molecular formula is C11H10BrClN4O. The lowest BCUT2D eigenvalue weighted by molar-refractivity contribution is 0.101. The molecule has 0 aliphatic rings. The van der Waals surface area contributed by atoms with Crippen LogP contribution in [0.3, 0.4) is 0 Å². The summed E-state index contributed by atoms with van der Waals surface area (Å²) >= 11 is 9.14. The molecule has 0 saturated heterocycles. The van der Waals surface area contributed by atoms with Crippen molar-refractivity contribution in [1.29, 1.82) is 0 Å². The lowest BCUT2D eigenvalue weighted by Gasteiger charge is -2.05. The Morgan fingerprint density at radius 2 is 2.33 bits per heavy atom. The molecule has 2 aromatic rings. The van der Waals surface area contributed by atoms with Crippen molar-refractivity contribution in [3.05, 3.63) is 39.3 Å². The number of anilines is 1. The Balaban J connectivity index is 2.16. The van der Waals surface area contributed by atoms with Crippen molar-refractivity contribution in [2.75, 3.05) is 5.32 Å². The molecule has 1 amide bonds. The number of nitrogens with one attached hydrogen (secondary N) is 2. The molecule has 1 heterocycles. The molecule has 18 heavy (non-hydrogen) atoms. The molecule has 94 valence electrons. The van der Waals surface area contributed by atoms with Crippen molar-refractivity contribution in [2.24, 2.45) is 0 Å². The molecule has 0 spiro atoms. The highest BCUT2D eigenvalue weighted by Gasteiger charge is 2.13. The van der Waals surface area contributed by atoms with Crippen LogP contribution in [-0.4, -0.2) is 21.1 Å². The van der Waals surface area contributed by atoms with E-state index in [1.807, 2.05) is 6.92 Å². The van der Waals surface area contributed by atoms with Crippen molar-refractivity contribution in [3.8, 4) is 0 Å². The van der Waals surface area contributed by atoms with Gasteiger partial charge in [0, 0.05) is 15.9 Å². The Hall–Kier alpha value is -1.40. The van der Waals surface area contributed by atoms with E-state index in [0.29, 0.717) is 27.4 Å². The van der Waals surface area contributed by atoms with Crippen LogP contribution < -0.4 is 5.32 Å². The number of benzene rings is 1. The van der Waals surface area contributed by atoms with E-state index in [4.69, 9.17) is 11.6 Å². The van der Waals surface area contributed by atoms with Gasteiger partial charge in [0.2, 0.25) is 5.82 Å². The maximum Gasteiger partial charge on any atom is 0.295 e. The highest BCUT2D eigenvalue weighted by atomic mass is 79.9. The van der Waals surface area contributed by atoms with E-state index in [1.165, 1.54) is 0 Å². The van der Waals surface area contributed by atoms with Crippen LogP contribution in [0.1, 0.15) is 23.4 Å². The maximum absolute atomic E-state index is 11.9. The molecule has 1 aromatic heterocycles. The first-order chi connectivity index (χ1) is 8.60. The summed E-state index contributed by atoms with van der Waals surface area (Å²) < 4.78 is 0.703. The summed E-state index contributed by atoms with van der Waals surface area (Å²) in [7, 11) is 0. The highest BCUT2D eigenvalue weighted by molar-refractivity contribution is 9.10. The number of carbonyl (C=O) groups excluding carboxylic acids is 1. The molecule has 0 aliphatic carbocycles. The van der Waals surface area contributed by atoms with E-state index in [2.05, 4.69) is 36.4 Å². The molecule has 0 aliphatic heterocycles. The molecule has 2 N–H and O–H groups in total. The molecule has 7 heteroatoms. The molecule has 2 rings (SSSR count). The number of hydrogen-bond acceptors (Lipinski definition) is 3. The Labute approximate surface area is 117 Å². The molecule has 0 radical (unpaired) electrons. The zero-order valence-electron chi connectivity index (χ0n) is 9.50. The molecule has 0 fully saturated rings. The monoisotopic (exact) mass is 328 g/mol. The van der Waals surface area contributed by atoms with Crippen LogP contribution in [0.2, 0.25) is 5.02 Å². The van der Waals surface area contributed by atoms with Crippen LogP contribution in [-0.2, 0) is 6.42 Å². The first kappa shape index (κ1) is 13.0. The minimum Gasteiger partial charge on any atom is -0.318 e. The van der Waals surface area contributed by atoms with Gasteiger partial charge in [-0.05, 0) is 34.1 Å². The lowest BCUT2D eigenvalue weighted by atomic mass is 10.3. The molecule has 5 nitrogen and oxygen atoms in total. The maximum atomic E-state index is 11.9. The summed E-state index contributed by atoms with van der Waals surface area (Å²) in [5.74, 6) is 0.429. The van der Waals surface area contributed by atoms with Gasteiger partial charge in [-0.2, -0.15) is 0 Å². The second kappa shape index (κ2) is 5.49. The third-order valence-electron chi connectivity index (χ3n) is 2.25. The summed E-state index contributed by atoms with van der Waals surface area (Å²) in [6, 6.07) is 5.10.